The van der Waals surface area contributed by atoms with Gasteiger partial charge in [-0.05, 0) is 36.8 Å². The van der Waals surface area contributed by atoms with Crippen LogP contribution in [0.3, 0.4) is 0 Å². The number of anilines is 2. The number of aromatic nitrogens is 4. The Balaban J connectivity index is 1.86. The fourth-order valence-electron chi connectivity index (χ4n) is 3.30. The van der Waals surface area contributed by atoms with Gasteiger partial charge in [-0.3, -0.25) is 0 Å². The molecule has 0 aliphatic heterocycles. The Morgan fingerprint density at radius 1 is 1.12 bits per heavy atom. The zero-order valence-corrected chi connectivity index (χ0v) is 17.5. The minimum absolute atomic E-state index is 0.109. The van der Waals surface area contributed by atoms with Crippen LogP contribution >= 0.6 is 0 Å². The molecule has 2 aromatic heterocycles. The predicted octanol–water partition coefficient (Wildman–Crippen LogP) is 3.01. The number of carbonyl (C=O) groups excluding carboxylic acids is 1. The summed E-state index contributed by atoms with van der Waals surface area (Å²) in [5, 5.41) is 6.89. The maximum atomic E-state index is 14.6. The standard InChI is InChI=1S/C21H18F3N7O2/c1-9-3-5-13(23)11(16(9)24)8-14-12-7-10(22)4-6-15(12)31(30-14)20-28-18(25)17(19(26)29-20)33-21(32)27-2/h3-7H,8H2,1-2H3,(H,27,32)(H4,25,26,28,29). The minimum Gasteiger partial charge on any atom is -0.402 e. The van der Waals surface area contributed by atoms with Gasteiger partial charge in [0.1, 0.15) is 17.5 Å². The lowest BCUT2D eigenvalue weighted by molar-refractivity contribution is 0.203. The number of nitrogen functional groups attached to an aromatic ring is 2. The summed E-state index contributed by atoms with van der Waals surface area (Å²) in [6.45, 7) is 1.51. The van der Waals surface area contributed by atoms with Crippen LogP contribution in [-0.2, 0) is 6.42 Å². The predicted molar refractivity (Wildman–Crippen MR) is 114 cm³/mol. The van der Waals surface area contributed by atoms with Gasteiger partial charge in [0.2, 0.25) is 5.75 Å². The summed E-state index contributed by atoms with van der Waals surface area (Å²) >= 11 is 0. The molecule has 0 bridgehead atoms. The molecule has 9 nitrogen and oxygen atoms in total. The number of nitrogens with zero attached hydrogens (tertiary/aromatic N) is 4. The van der Waals surface area contributed by atoms with Gasteiger partial charge in [0, 0.05) is 24.4 Å². The molecule has 4 rings (SSSR count). The number of rotatable bonds is 4. The van der Waals surface area contributed by atoms with Gasteiger partial charge in [-0.25, -0.2) is 18.0 Å². The Kier molecular flexibility index (Phi) is 5.50. The van der Waals surface area contributed by atoms with Crippen molar-refractivity contribution in [3.8, 4) is 11.7 Å². The average molecular weight is 457 g/mol. The molecule has 0 atom stereocenters. The summed E-state index contributed by atoms with van der Waals surface area (Å²) in [6.07, 6.45) is -1.08. The van der Waals surface area contributed by atoms with Crippen LogP contribution in [-0.4, -0.2) is 32.9 Å². The molecule has 0 radical (unpaired) electrons. The first-order valence-electron chi connectivity index (χ1n) is 9.63. The van der Waals surface area contributed by atoms with Crippen molar-refractivity contribution in [1.82, 2.24) is 25.1 Å². The van der Waals surface area contributed by atoms with Gasteiger partial charge >= 0.3 is 6.09 Å². The molecule has 0 aliphatic carbocycles. The quantitative estimate of drug-likeness (QED) is 0.429. The highest BCUT2D eigenvalue weighted by Gasteiger charge is 2.21. The number of nitrogens with one attached hydrogen (secondary N) is 1. The first-order chi connectivity index (χ1) is 15.7. The molecule has 1 amide bonds. The number of fused-ring (bicyclic) bond motifs is 1. The summed E-state index contributed by atoms with van der Waals surface area (Å²) in [5.41, 5.74) is 12.3. The maximum absolute atomic E-state index is 14.6. The number of aryl methyl sites for hydroxylation is 1. The van der Waals surface area contributed by atoms with Gasteiger partial charge in [-0.2, -0.15) is 19.7 Å². The number of hydrogen-bond donors (Lipinski definition) is 3. The van der Waals surface area contributed by atoms with Crippen molar-refractivity contribution in [1.29, 1.82) is 0 Å². The van der Waals surface area contributed by atoms with E-state index in [4.69, 9.17) is 16.2 Å². The third-order valence-corrected chi connectivity index (χ3v) is 4.94. The number of nitrogens with two attached hydrogens (primary N) is 2. The van der Waals surface area contributed by atoms with Crippen LogP contribution in [0, 0.1) is 24.4 Å². The third kappa shape index (κ3) is 3.97. The number of halogens is 3. The zero-order valence-electron chi connectivity index (χ0n) is 17.5. The Morgan fingerprint density at radius 3 is 2.48 bits per heavy atom. The maximum Gasteiger partial charge on any atom is 0.412 e. The molecule has 0 saturated heterocycles. The molecule has 170 valence electrons. The number of ether oxygens (including phenoxy) is 1. The highest BCUT2D eigenvalue weighted by Crippen LogP contribution is 2.30. The minimum atomic E-state index is -0.825. The largest absolute Gasteiger partial charge is 0.412 e. The summed E-state index contributed by atoms with van der Waals surface area (Å²) < 4.78 is 49.1. The van der Waals surface area contributed by atoms with Crippen molar-refractivity contribution in [3.63, 3.8) is 0 Å². The van der Waals surface area contributed by atoms with E-state index in [1.54, 1.807) is 0 Å². The fourth-order valence-corrected chi connectivity index (χ4v) is 3.30. The lowest BCUT2D eigenvalue weighted by Crippen LogP contribution is -2.24. The average Bonchev–Trinajstić information content (AvgIpc) is 3.13. The molecule has 0 fully saturated rings. The molecule has 0 saturated carbocycles. The van der Waals surface area contributed by atoms with E-state index in [9.17, 15) is 18.0 Å². The number of amides is 1. The van der Waals surface area contributed by atoms with E-state index in [0.717, 1.165) is 6.07 Å². The normalized spacial score (nSPS) is 11.1. The van der Waals surface area contributed by atoms with E-state index < -0.39 is 23.5 Å². The van der Waals surface area contributed by atoms with Crippen LogP contribution in [0.1, 0.15) is 16.8 Å². The molecule has 2 heterocycles. The molecule has 0 aliphatic rings. The Labute approximate surface area is 185 Å². The first kappa shape index (κ1) is 21.9. The van der Waals surface area contributed by atoms with E-state index in [1.807, 2.05) is 0 Å². The van der Waals surface area contributed by atoms with Crippen LogP contribution < -0.4 is 21.5 Å². The smallest absolute Gasteiger partial charge is 0.402 e. The first-order valence-corrected chi connectivity index (χ1v) is 9.63. The summed E-state index contributed by atoms with van der Waals surface area (Å²) in [5.74, 6) is -2.88. The SMILES string of the molecule is CNC(=O)Oc1c(N)nc(-n2nc(Cc3c(F)ccc(C)c3F)c3cc(F)ccc32)nc1N. The Hall–Kier alpha value is -4.35. The van der Waals surface area contributed by atoms with Crippen molar-refractivity contribution < 1.29 is 22.7 Å². The lowest BCUT2D eigenvalue weighted by atomic mass is 10.0. The van der Waals surface area contributed by atoms with Crippen molar-refractivity contribution in [2.75, 3.05) is 18.5 Å². The van der Waals surface area contributed by atoms with Crippen molar-refractivity contribution in [2.24, 2.45) is 0 Å². The van der Waals surface area contributed by atoms with Crippen LogP contribution in [0.2, 0.25) is 0 Å². The van der Waals surface area contributed by atoms with Crippen LogP contribution in [0.5, 0.6) is 5.75 Å². The number of carbonyl (C=O) groups is 1. The van der Waals surface area contributed by atoms with Crippen LogP contribution in [0.4, 0.5) is 29.6 Å². The molecule has 2 aromatic carbocycles. The molecule has 33 heavy (non-hydrogen) atoms. The van der Waals surface area contributed by atoms with Gasteiger partial charge < -0.3 is 21.5 Å². The second-order valence-electron chi connectivity index (χ2n) is 7.12. The molecule has 4 aromatic rings. The molecular formula is C21H18F3N7O2. The molecular weight excluding hydrogens is 439 g/mol. The van der Waals surface area contributed by atoms with E-state index >= 15 is 0 Å². The summed E-state index contributed by atoms with van der Waals surface area (Å²) in [6, 6.07) is 6.27. The molecule has 0 spiro atoms. The molecule has 5 N–H and O–H groups in total. The van der Waals surface area contributed by atoms with Gasteiger partial charge in [-0.1, -0.05) is 6.07 Å². The van der Waals surface area contributed by atoms with Crippen molar-refractivity contribution >= 4 is 28.6 Å². The monoisotopic (exact) mass is 457 g/mol. The Morgan fingerprint density at radius 2 is 1.82 bits per heavy atom. The van der Waals surface area contributed by atoms with E-state index in [2.05, 4.69) is 20.4 Å². The van der Waals surface area contributed by atoms with Gasteiger partial charge in [0.15, 0.2) is 11.6 Å². The fraction of sp³-hybridized carbons (Fsp3) is 0.143. The number of benzene rings is 2. The van der Waals surface area contributed by atoms with Crippen molar-refractivity contribution in [3.05, 3.63) is 64.6 Å². The van der Waals surface area contributed by atoms with Gasteiger partial charge in [0.05, 0.1) is 11.2 Å². The molecule has 0 unspecified atom stereocenters. The third-order valence-electron chi connectivity index (χ3n) is 4.94. The molecule has 12 heteroatoms. The van der Waals surface area contributed by atoms with Crippen molar-refractivity contribution in [2.45, 2.75) is 13.3 Å². The number of hydrogen-bond acceptors (Lipinski definition) is 7. The van der Waals surface area contributed by atoms with E-state index in [0.29, 0.717) is 10.9 Å². The van der Waals surface area contributed by atoms with Crippen LogP contribution in [0.25, 0.3) is 16.9 Å². The van der Waals surface area contributed by atoms with E-state index in [1.165, 1.54) is 42.9 Å². The Bertz CT molecular complexity index is 1380. The second kappa shape index (κ2) is 8.30. The highest BCUT2D eigenvalue weighted by atomic mass is 19.1. The van der Waals surface area contributed by atoms with Gasteiger partial charge in [-0.15, -0.1) is 0 Å². The second-order valence-corrected chi connectivity index (χ2v) is 7.12. The lowest BCUT2D eigenvalue weighted by Gasteiger charge is -2.10. The van der Waals surface area contributed by atoms with Gasteiger partial charge in [0.25, 0.3) is 5.95 Å². The van der Waals surface area contributed by atoms with Crippen LogP contribution in [0.15, 0.2) is 30.3 Å². The summed E-state index contributed by atoms with van der Waals surface area (Å²) in [7, 11) is 1.35. The summed E-state index contributed by atoms with van der Waals surface area (Å²) in [4.78, 5) is 19.6. The zero-order chi connectivity index (χ0) is 23.9. The van der Waals surface area contributed by atoms with E-state index in [-0.39, 0.29) is 46.6 Å². The highest BCUT2D eigenvalue weighted by molar-refractivity contribution is 5.84. The topological polar surface area (TPSA) is 134 Å².